The van der Waals surface area contributed by atoms with Gasteiger partial charge in [-0.1, -0.05) is 13.3 Å². The molecule has 0 aliphatic carbocycles. The predicted molar refractivity (Wildman–Crippen MR) is 54.1 cm³/mol. The topological polar surface area (TPSA) is 29.5 Å². The van der Waals surface area contributed by atoms with Crippen LogP contribution in [0.15, 0.2) is 0 Å². The molecule has 1 amide bonds. The Morgan fingerprint density at radius 1 is 1.36 bits per heavy atom. The number of carbonyl (C=O) groups is 1. The monoisotopic (exact) mass is 197 g/mol. The minimum absolute atomic E-state index is 0.118. The van der Waals surface area contributed by atoms with Crippen LogP contribution in [0, 0.1) is 5.92 Å². The van der Waals surface area contributed by atoms with Crippen molar-refractivity contribution in [1.82, 2.24) is 4.90 Å². The molecule has 0 aromatic carbocycles. The van der Waals surface area contributed by atoms with Crippen LogP contribution >= 0.6 is 0 Å². The summed E-state index contributed by atoms with van der Waals surface area (Å²) in [6.45, 7) is 2.25. The zero-order valence-corrected chi connectivity index (χ0v) is 9.03. The van der Waals surface area contributed by atoms with Crippen LogP contribution < -0.4 is 0 Å². The van der Waals surface area contributed by atoms with Gasteiger partial charge in [-0.15, -0.1) is 0 Å². The molecular formula is C11H19NO2. The van der Waals surface area contributed by atoms with Crippen molar-refractivity contribution in [3.63, 3.8) is 0 Å². The van der Waals surface area contributed by atoms with Crippen LogP contribution in [-0.4, -0.2) is 30.2 Å². The summed E-state index contributed by atoms with van der Waals surface area (Å²) in [5, 5.41) is 0. The third-order valence-electron chi connectivity index (χ3n) is 3.79. The molecule has 2 heterocycles. The summed E-state index contributed by atoms with van der Waals surface area (Å²) in [4.78, 5) is 13.5. The van der Waals surface area contributed by atoms with E-state index in [1.165, 1.54) is 39.2 Å². The highest BCUT2D eigenvalue weighted by Gasteiger charge is 2.43. The van der Waals surface area contributed by atoms with Crippen molar-refractivity contribution in [3.8, 4) is 0 Å². The predicted octanol–water partition coefficient (Wildman–Crippen LogP) is 2.41. The van der Waals surface area contributed by atoms with Gasteiger partial charge in [0.1, 0.15) is 0 Å². The van der Waals surface area contributed by atoms with E-state index in [0.717, 1.165) is 5.92 Å². The maximum absolute atomic E-state index is 11.5. The fourth-order valence-corrected chi connectivity index (χ4v) is 3.03. The summed E-state index contributed by atoms with van der Waals surface area (Å²) < 4.78 is 4.83. The van der Waals surface area contributed by atoms with Crippen molar-refractivity contribution in [2.75, 3.05) is 7.11 Å². The van der Waals surface area contributed by atoms with Gasteiger partial charge >= 0.3 is 6.09 Å². The number of fused-ring (bicyclic) bond motifs is 2. The van der Waals surface area contributed by atoms with Crippen LogP contribution in [-0.2, 0) is 4.74 Å². The number of hydrogen-bond acceptors (Lipinski definition) is 2. The molecule has 2 atom stereocenters. The SMILES string of the molecule is CCC1CC2CCC(C1)N2C(=O)OC. The number of piperidine rings is 1. The van der Waals surface area contributed by atoms with E-state index in [9.17, 15) is 4.79 Å². The first-order chi connectivity index (χ1) is 6.76. The first-order valence-electron chi connectivity index (χ1n) is 5.62. The quantitative estimate of drug-likeness (QED) is 0.646. The molecule has 2 saturated heterocycles. The average molecular weight is 197 g/mol. The molecule has 3 nitrogen and oxygen atoms in total. The first-order valence-corrected chi connectivity index (χ1v) is 5.62. The molecule has 0 aromatic heterocycles. The fourth-order valence-electron chi connectivity index (χ4n) is 3.03. The highest BCUT2D eigenvalue weighted by molar-refractivity contribution is 5.69. The van der Waals surface area contributed by atoms with Gasteiger partial charge in [0.2, 0.25) is 0 Å². The molecule has 0 N–H and O–H groups in total. The van der Waals surface area contributed by atoms with E-state index >= 15 is 0 Å². The molecule has 0 aromatic rings. The van der Waals surface area contributed by atoms with Crippen LogP contribution in [0.4, 0.5) is 4.79 Å². The lowest BCUT2D eigenvalue weighted by Gasteiger charge is -2.37. The molecule has 80 valence electrons. The standard InChI is InChI=1S/C11H19NO2/c1-3-8-6-9-4-5-10(7-8)12(9)11(13)14-2/h8-10H,3-7H2,1-2H3. The number of carbonyl (C=O) groups excluding carboxylic acids is 1. The van der Waals surface area contributed by atoms with Gasteiger partial charge in [-0.3, -0.25) is 0 Å². The van der Waals surface area contributed by atoms with Gasteiger partial charge in [-0.2, -0.15) is 0 Å². The van der Waals surface area contributed by atoms with E-state index in [2.05, 4.69) is 6.92 Å². The molecule has 2 aliphatic heterocycles. The maximum atomic E-state index is 11.5. The smallest absolute Gasteiger partial charge is 0.409 e. The van der Waals surface area contributed by atoms with E-state index in [0.29, 0.717) is 12.1 Å². The van der Waals surface area contributed by atoms with Crippen molar-refractivity contribution < 1.29 is 9.53 Å². The minimum atomic E-state index is -0.118. The second kappa shape index (κ2) is 3.79. The number of rotatable bonds is 1. The molecule has 2 aliphatic rings. The maximum Gasteiger partial charge on any atom is 0.409 e. The Labute approximate surface area is 85.4 Å². The molecule has 3 heteroatoms. The van der Waals surface area contributed by atoms with Gasteiger partial charge in [0, 0.05) is 12.1 Å². The highest BCUT2D eigenvalue weighted by atomic mass is 16.5. The molecule has 0 spiro atoms. The van der Waals surface area contributed by atoms with Gasteiger partial charge in [0.05, 0.1) is 7.11 Å². The zero-order valence-electron chi connectivity index (χ0n) is 9.03. The van der Waals surface area contributed by atoms with Crippen molar-refractivity contribution in [1.29, 1.82) is 0 Å². The summed E-state index contributed by atoms with van der Waals surface area (Å²) in [6, 6.07) is 0.928. The van der Waals surface area contributed by atoms with Crippen molar-refractivity contribution >= 4 is 6.09 Å². The third-order valence-corrected chi connectivity index (χ3v) is 3.79. The minimum Gasteiger partial charge on any atom is -0.453 e. The number of ether oxygens (including phenoxy) is 1. The lowest BCUT2D eigenvalue weighted by molar-refractivity contribution is 0.0704. The Kier molecular flexibility index (Phi) is 2.66. The lowest BCUT2D eigenvalue weighted by Crippen LogP contribution is -2.46. The van der Waals surface area contributed by atoms with E-state index in [-0.39, 0.29) is 6.09 Å². The van der Waals surface area contributed by atoms with E-state index < -0.39 is 0 Å². The van der Waals surface area contributed by atoms with Crippen LogP contribution in [0.3, 0.4) is 0 Å². The van der Waals surface area contributed by atoms with Crippen molar-refractivity contribution in [2.24, 2.45) is 5.92 Å². The second-order valence-electron chi connectivity index (χ2n) is 4.51. The molecule has 14 heavy (non-hydrogen) atoms. The van der Waals surface area contributed by atoms with Gasteiger partial charge < -0.3 is 9.64 Å². The Morgan fingerprint density at radius 2 is 1.93 bits per heavy atom. The molecule has 2 unspecified atom stereocenters. The molecule has 2 rings (SSSR count). The highest BCUT2D eigenvalue weighted by Crippen LogP contribution is 2.39. The Hall–Kier alpha value is -0.730. The third kappa shape index (κ3) is 1.49. The first kappa shape index (κ1) is 9.81. The largest absolute Gasteiger partial charge is 0.453 e. The lowest BCUT2D eigenvalue weighted by atomic mass is 9.89. The van der Waals surface area contributed by atoms with Crippen LogP contribution in [0.2, 0.25) is 0 Å². The summed E-state index contributed by atoms with van der Waals surface area (Å²) in [7, 11) is 1.48. The Morgan fingerprint density at radius 3 is 2.36 bits per heavy atom. The Bertz CT molecular complexity index is 215. The molecule has 0 saturated carbocycles. The van der Waals surface area contributed by atoms with Gasteiger partial charge in [0.25, 0.3) is 0 Å². The van der Waals surface area contributed by atoms with Crippen molar-refractivity contribution in [3.05, 3.63) is 0 Å². The van der Waals surface area contributed by atoms with Crippen molar-refractivity contribution in [2.45, 2.75) is 51.1 Å². The number of amides is 1. The Balaban J connectivity index is 2.06. The molecule has 2 fully saturated rings. The average Bonchev–Trinajstić information content (AvgIpc) is 2.48. The van der Waals surface area contributed by atoms with Gasteiger partial charge in [-0.05, 0) is 31.6 Å². The second-order valence-corrected chi connectivity index (χ2v) is 4.51. The molecule has 0 radical (unpaired) electrons. The number of nitrogens with zero attached hydrogens (tertiary/aromatic N) is 1. The summed E-state index contributed by atoms with van der Waals surface area (Å²) >= 11 is 0. The van der Waals surface area contributed by atoms with Gasteiger partial charge in [-0.25, -0.2) is 4.79 Å². The van der Waals surface area contributed by atoms with Gasteiger partial charge in [0.15, 0.2) is 0 Å². The normalized spacial score (nSPS) is 35.9. The summed E-state index contributed by atoms with van der Waals surface area (Å²) in [6.07, 6.45) is 5.85. The number of methoxy groups -OCH3 is 1. The molecule has 2 bridgehead atoms. The number of hydrogen-bond donors (Lipinski definition) is 0. The fraction of sp³-hybridized carbons (Fsp3) is 0.909. The summed E-state index contributed by atoms with van der Waals surface area (Å²) in [5.74, 6) is 0.827. The molecular weight excluding hydrogens is 178 g/mol. The van der Waals surface area contributed by atoms with E-state index in [1.54, 1.807) is 0 Å². The van der Waals surface area contributed by atoms with E-state index in [1.807, 2.05) is 4.90 Å². The zero-order chi connectivity index (χ0) is 10.1. The van der Waals surface area contributed by atoms with E-state index in [4.69, 9.17) is 4.74 Å². The summed E-state index contributed by atoms with van der Waals surface area (Å²) in [5.41, 5.74) is 0. The van der Waals surface area contributed by atoms with Crippen LogP contribution in [0.1, 0.15) is 39.0 Å². The van der Waals surface area contributed by atoms with Crippen LogP contribution in [0.5, 0.6) is 0 Å². The van der Waals surface area contributed by atoms with Crippen LogP contribution in [0.25, 0.3) is 0 Å².